The fraction of sp³-hybridized carbons (Fsp3) is 0.290. The van der Waals surface area contributed by atoms with E-state index in [1.165, 1.54) is 30.8 Å². The Morgan fingerprint density at radius 1 is 1.02 bits per heavy atom. The highest BCUT2D eigenvalue weighted by Gasteiger charge is 2.52. The van der Waals surface area contributed by atoms with E-state index in [1.807, 2.05) is 55.5 Å². The van der Waals surface area contributed by atoms with Gasteiger partial charge in [-0.1, -0.05) is 60.7 Å². The molecule has 1 atom stereocenters. The normalized spacial score (nSPS) is 14.6. The molecule has 42 heavy (non-hydrogen) atoms. The van der Waals surface area contributed by atoms with Crippen LogP contribution in [0.25, 0.3) is 16.8 Å². The molecule has 1 aliphatic rings. The van der Waals surface area contributed by atoms with E-state index in [0.717, 1.165) is 41.7 Å². The van der Waals surface area contributed by atoms with Crippen molar-refractivity contribution in [3.05, 3.63) is 95.2 Å². The van der Waals surface area contributed by atoms with Crippen LogP contribution in [0.15, 0.2) is 72.8 Å². The Kier molecular flexibility index (Phi) is 7.77. The van der Waals surface area contributed by atoms with Gasteiger partial charge < -0.3 is 9.47 Å². The lowest BCUT2D eigenvalue weighted by Crippen LogP contribution is -2.21. The summed E-state index contributed by atoms with van der Waals surface area (Å²) in [5, 5.41) is 11.0. The number of aromatic nitrogens is 3. The van der Waals surface area contributed by atoms with E-state index >= 15 is 0 Å². The molecule has 1 aliphatic carbocycles. The number of nitrogens with zero attached hydrogens (tertiary/aromatic N) is 3. The fourth-order valence-electron chi connectivity index (χ4n) is 4.89. The Morgan fingerprint density at radius 2 is 1.67 bits per heavy atom. The minimum atomic E-state index is -4.50. The molecule has 3 aromatic carbocycles. The molecule has 4 aromatic rings. The number of rotatable bonds is 8. The molecule has 8 nitrogen and oxygen atoms in total. The average molecular weight is 579 g/mol. The number of anilines is 1. The molecule has 1 heterocycles. The van der Waals surface area contributed by atoms with Crippen LogP contribution >= 0.6 is 0 Å². The summed E-state index contributed by atoms with van der Waals surface area (Å²) in [6.45, 7) is 3.35. The van der Waals surface area contributed by atoms with Gasteiger partial charge in [0.2, 0.25) is 0 Å². The first kappa shape index (κ1) is 28.8. The molecule has 1 fully saturated rings. The third-order valence-electron chi connectivity index (χ3n) is 7.47. The number of amides is 1. The zero-order valence-corrected chi connectivity index (χ0v) is 23.2. The van der Waals surface area contributed by atoms with E-state index in [4.69, 9.17) is 9.47 Å². The Labute approximate surface area is 240 Å². The monoisotopic (exact) mass is 578 g/mol. The third kappa shape index (κ3) is 5.72. The number of esters is 1. The highest BCUT2D eigenvalue weighted by atomic mass is 19.4. The molecule has 218 valence electrons. The van der Waals surface area contributed by atoms with Gasteiger partial charge in [0.15, 0.2) is 5.82 Å². The predicted molar refractivity (Wildman–Crippen MR) is 149 cm³/mol. The first-order chi connectivity index (χ1) is 20.1. The van der Waals surface area contributed by atoms with Crippen molar-refractivity contribution in [2.24, 2.45) is 0 Å². The SMILES string of the molecule is CCc1nnn(-c2ccc(-c3ccc(C4(C(=O)OC)CC4)cc3)cc2)c1NC(=O)O[C@H](C)c1cccc(C(F)(F)F)c1. The van der Waals surface area contributed by atoms with Crippen LogP contribution in [0.1, 0.15) is 55.2 Å². The molecular formula is C31H29F3N4O4. The van der Waals surface area contributed by atoms with Crippen LogP contribution < -0.4 is 5.32 Å². The smallest absolute Gasteiger partial charge is 0.416 e. The van der Waals surface area contributed by atoms with Gasteiger partial charge in [-0.25, -0.2) is 4.79 Å². The minimum Gasteiger partial charge on any atom is -0.468 e. The minimum absolute atomic E-state index is 0.211. The van der Waals surface area contributed by atoms with Gasteiger partial charge in [-0.2, -0.15) is 17.9 Å². The number of nitrogens with one attached hydrogen (secondary N) is 1. The lowest BCUT2D eigenvalue weighted by molar-refractivity contribution is -0.143. The van der Waals surface area contributed by atoms with Crippen LogP contribution in [0, 0.1) is 0 Å². The molecule has 11 heteroatoms. The zero-order valence-electron chi connectivity index (χ0n) is 23.2. The number of halogens is 3. The summed E-state index contributed by atoms with van der Waals surface area (Å²) in [6, 6.07) is 20.0. The second-order valence-electron chi connectivity index (χ2n) is 10.1. The molecule has 0 spiro atoms. The number of carbonyl (C=O) groups excluding carboxylic acids is 2. The van der Waals surface area contributed by atoms with E-state index in [0.29, 0.717) is 23.6 Å². The van der Waals surface area contributed by atoms with Gasteiger partial charge in [0.05, 0.1) is 23.8 Å². The van der Waals surface area contributed by atoms with Crippen LogP contribution in [0.2, 0.25) is 0 Å². The van der Waals surface area contributed by atoms with Crippen LogP contribution in [0.5, 0.6) is 0 Å². The van der Waals surface area contributed by atoms with Gasteiger partial charge >= 0.3 is 18.2 Å². The maximum Gasteiger partial charge on any atom is 0.416 e. The van der Waals surface area contributed by atoms with Gasteiger partial charge in [-0.05, 0) is 72.7 Å². The molecule has 1 N–H and O–H groups in total. The Hall–Kier alpha value is -4.67. The van der Waals surface area contributed by atoms with Crippen LogP contribution in [-0.2, 0) is 32.3 Å². The number of aryl methyl sites for hydroxylation is 1. The molecule has 1 aromatic heterocycles. The van der Waals surface area contributed by atoms with Crippen molar-refractivity contribution in [1.29, 1.82) is 0 Å². The molecule has 0 unspecified atom stereocenters. The van der Waals surface area contributed by atoms with Gasteiger partial charge in [-0.3, -0.25) is 10.1 Å². The lowest BCUT2D eigenvalue weighted by Gasteiger charge is -2.16. The maximum absolute atomic E-state index is 13.1. The predicted octanol–water partition coefficient (Wildman–Crippen LogP) is 7.03. The van der Waals surface area contributed by atoms with Crippen molar-refractivity contribution in [2.45, 2.75) is 50.8 Å². The molecule has 5 rings (SSSR count). The van der Waals surface area contributed by atoms with E-state index in [9.17, 15) is 22.8 Å². The Balaban J connectivity index is 1.30. The highest BCUT2D eigenvalue weighted by Crippen LogP contribution is 2.49. The summed E-state index contributed by atoms with van der Waals surface area (Å²) in [5.74, 6) is 0.0886. The fourth-order valence-corrected chi connectivity index (χ4v) is 4.89. The van der Waals surface area contributed by atoms with Crippen molar-refractivity contribution >= 4 is 17.9 Å². The number of hydrogen-bond donors (Lipinski definition) is 1. The number of ether oxygens (including phenoxy) is 2. The van der Waals surface area contributed by atoms with Crippen molar-refractivity contribution in [1.82, 2.24) is 15.0 Å². The second kappa shape index (κ2) is 11.3. The van der Waals surface area contributed by atoms with E-state index in [-0.39, 0.29) is 11.5 Å². The Morgan fingerprint density at radius 3 is 2.24 bits per heavy atom. The van der Waals surface area contributed by atoms with Gasteiger partial charge in [0.25, 0.3) is 0 Å². The van der Waals surface area contributed by atoms with Gasteiger partial charge in [-0.15, -0.1) is 5.10 Å². The summed E-state index contributed by atoms with van der Waals surface area (Å²) >= 11 is 0. The van der Waals surface area contributed by atoms with Gasteiger partial charge in [0, 0.05) is 0 Å². The quantitative estimate of drug-likeness (QED) is 0.226. The number of hydrogen-bond acceptors (Lipinski definition) is 6. The molecule has 0 aliphatic heterocycles. The third-order valence-corrected chi connectivity index (χ3v) is 7.47. The van der Waals surface area contributed by atoms with Crippen molar-refractivity contribution in [3.8, 4) is 16.8 Å². The summed E-state index contributed by atoms with van der Waals surface area (Å²) in [4.78, 5) is 25.0. The molecule has 0 radical (unpaired) electrons. The lowest BCUT2D eigenvalue weighted by atomic mass is 9.94. The molecule has 1 saturated carbocycles. The van der Waals surface area contributed by atoms with E-state index in [1.54, 1.807) is 0 Å². The van der Waals surface area contributed by atoms with E-state index < -0.39 is 29.4 Å². The summed E-state index contributed by atoms with van der Waals surface area (Å²) in [7, 11) is 1.40. The highest BCUT2D eigenvalue weighted by molar-refractivity contribution is 5.87. The average Bonchev–Trinajstić information content (AvgIpc) is 3.71. The molecule has 1 amide bonds. The van der Waals surface area contributed by atoms with Crippen LogP contribution in [0.3, 0.4) is 0 Å². The maximum atomic E-state index is 13.1. The van der Waals surface area contributed by atoms with E-state index in [2.05, 4.69) is 15.6 Å². The summed E-state index contributed by atoms with van der Waals surface area (Å²) in [5.41, 5.74) is 2.84. The number of methoxy groups -OCH3 is 1. The number of carbonyl (C=O) groups is 2. The van der Waals surface area contributed by atoms with Gasteiger partial charge in [0.1, 0.15) is 11.8 Å². The molecule has 0 saturated heterocycles. The number of alkyl halides is 3. The Bertz CT molecular complexity index is 1590. The van der Waals surface area contributed by atoms with Crippen molar-refractivity contribution in [2.75, 3.05) is 12.4 Å². The largest absolute Gasteiger partial charge is 0.468 e. The molecular weight excluding hydrogens is 549 g/mol. The van der Waals surface area contributed by atoms with Crippen LogP contribution in [-0.4, -0.2) is 34.2 Å². The van der Waals surface area contributed by atoms with Crippen molar-refractivity contribution < 1.29 is 32.2 Å². The standard InChI is InChI=1S/C31H29F3N4O4/c1-4-26-27(35-29(40)42-19(2)22-6-5-7-24(18-22)31(32,33)34)38(37-36-26)25-14-10-21(11-15-25)20-8-12-23(13-9-20)30(16-17-30)28(39)41-3/h5-15,18-19H,4,16-17H2,1-3H3,(H,35,40)/t19-/m1/s1. The summed E-state index contributed by atoms with van der Waals surface area (Å²) < 4.78 is 51.1. The topological polar surface area (TPSA) is 95.3 Å². The first-order valence-corrected chi connectivity index (χ1v) is 13.4. The number of benzene rings is 3. The summed E-state index contributed by atoms with van der Waals surface area (Å²) in [6.07, 6.45) is -4.27. The zero-order chi connectivity index (χ0) is 30.1. The van der Waals surface area contributed by atoms with Crippen LogP contribution in [0.4, 0.5) is 23.8 Å². The van der Waals surface area contributed by atoms with Crippen molar-refractivity contribution in [3.63, 3.8) is 0 Å². The second-order valence-corrected chi connectivity index (χ2v) is 10.1. The molecule has 0 bridgehead atoms. The first-order valence-electron chi connectivity index (χ1n) is 13.4.